The summed E-state index contributed by atoms with van der Waals surface area (Å²) in [6.45, 7) is 46.2. The number of aryl methyl sites for hydroxylation is 6. The molecule has 0 aliphatic heterocycles. The summed E-state index contributed by atoms with van der Waals surface area (Å²) in [6, 6.07) is 40.4. The normalized spacial score (nSPS) is 12.8. The molecule has 0 saturated heterocycles. The maximum absolute atomic E-state index is 7.49. The van der Waals surface area contributed by atoms with E-state index in [1.807, 2.05) is 0 Å². The zero-order chi connectivity index (χ0) is 98.1. The molecule has 0 saturated carbocycles. The molecule has 0 spiro atoms. The molecule has 0 bridgehead atoms. The summed E-state index contributed by atoms with van der Waals surface area (Å²) in [5, 5.41) is 0. The second-order valence-corrected chi connectivity index (χ2v) is 47.1. The van der Waals surface area contributed by atoms with Crippen LogP contribution in [0.5, 0.6) is 34.5 Å². The highest BCUT2D eigenvalue weighted by Gasteiger charge is 2.35. The topological polar surface area (TPSA) is 83.1 Å². The molecule has 136 heavy (non-hydrogen) atoms. The van der Waals surface area contributed by atoms with Gasteiger partial charge in [-0.3, -0.25) is 4.52 Å². The molecule has 770 valence electrons. The third kappa shape index (κ3) is 50.0. The van der Waals surface area contributed by atoms with E-state index in [1.165, 1.54) is 358 Å². The van der Waals surface area contributed by atoms with Crippen molar-refractivity contribution in [1.82, 2.24) is 0 Å². The van der Waals surface area contributed by atoms with E-state index >= 15 is 0 Å². The predicted octanol–water partition coefficient (Wildman–Crippen LogP) is 42.9. The fourth-order valence-electron chi connectivity index (χ4n) is 19.4. The minimum Gasteiger partial charge on any atom is -0.426 e. The first kappa shape index (κ1) is 120. The lowest BCUT2D eigenvalue weighted by atomic mass is 9.74. The first-order valence-electron chi connectivity index (χ1n) is 57.0. The molecule has 0 aliphatic carbocycles. The molecule has 0 amide bonds. The van der Waals surface area contributed by atoms with Crippen molar-refractivity contribution in [3.05, 3.63) is 176 Å². The van der Waals surface area contributed by atoms with Gasteiger partial charge in [0, 0.05) is 22.6 Å². The third-order valence-electron chi connectivity index (χ3n) is 28.1. The lowest BCUT2D eigenvalue weighted by molar-refractivity contribution is 0.197. The Labute approximate surface area is 842 Å². The Hall–Kier alpha value is -4.71. The standard InChI is InChI=1S/C124H205O9P3/c1-20-26-32-38-44-47-50-53-56-59-62-68-80-92-125-134(126-93-81-69-63-60-57-54-51-48-45-39-33-27-21-2)131-119-97-104(9)110(100-114(119)123(14,15)16)112(111-101-115(124(17,18)19)120(98-105(111)10)132-135(127-94-82-70-64-61-58-55-52-49-46-40-34-28-22-3)128-116-89-77-74-86-106(116)83-71-65-41-35-29-23-4)95-102(7)109-99-113(122(11,12)13)121(96-103(109)8)133-136(129-117-90-78-75-87-107(117)84-72-66-42-36-30-24-5)130-118-91-79-76-88-108(118)85-73-67-43-37-31-25-6/h74-79,86-91,96-102,112H,20-73,80-85,92-95H2,1-19H3. The fraction of sp³-hybridized carbons (Fsp3) is 0.710. The minimum absolute atomic E-state index is 0.0692. The Morgan fingerprint density at radius 3 is 0.706 bits per heavy atom. The maximum Gasteiger partial charge on any atom is 0.530 e. The van der Waals surface area contributed by atoms with Crippen LogP contribution in [-0.4, -0.2) is 19.8 Å². The van der Waals surface area contributed by atoms with Crippen molar-refractivity contribution in [3.63, 3.8) is 0 Å². The van der Waals surface area contributed by atoms with Gasteiger partial charge in [0.25, 0.3) is 0 Å². The summed E-state index contributed by atoms with van der Waals surface area (Å²) in [5.41, 5.74) is 13.5. The van der Waals surface area contributed by atoms with E-state index in [0.29, 0.717) is 19.8 Å². The Kier molecular flexibility index (Phi) is 64.0. The van der Waals surface area contributed by atoms with Crippen molar-refractivity contribution in [2.75, 3.05) is 19.8 Å². The number of hydrogen-bond acceptors (Lipinski definition) is 9. The summed E-state index contributed by atoms with van der Waals surface area (Å²) in [6.07, 6.45) is 76.7. The highest BCUT2D eigenvalue weighted by atomic mass is 31.2. The molecule has 6 aromatic rings. The predicted molar refractivity (Wildman–Crippen MR) is 595 cm³/mol. The van der Waals surface area contributed by atoms with E-state index in [9.17, 15) is 0 Å². The Bertz CT molecular complexity index is 3910. The Morgan fingerprint density at radius 1 is 0.228 bits per heavy atom. The Morgan fingerprint density at radius 2 is 0.434 bits per heavy atom. The van der Waals surface area contributed by atoms with Crippen molar-refractivity contribution in [2.45, 2.75) is 551 Å². The smallest absolute Gasteiger partial charge is 0.426 e. The molecule has 0 heterocycles. The summed E-state index contributed by atoms with van der Waals surface area (Å²) in [5.74, 6) is 5.01. The largest absolute Gasteiger partial charge is 0.530 e. The lowest BCUT2D eigenvalue weighted by Crippen LogP contribution is -2.19. The van der Waals surface area contributed by atoms with Crippen LogP contribution in [0.2, 0.25) is 0 Å². The second-order valence-electron chi connectivity index (χ2n) is 43.9. The molecule has 0 N–H and O–H groups in total. The summed E-state index contributed by atoms with van der Waals surface area (Å²) >= 11 is 0. The van der Waals surface area contributed by atoms with Gasteiger partial charge in [0.1, 0.15) is 34.5 Å². The van der Waals surface area contributed by atoms with E-state index in [4.69, 9.17) is 40.7 Å². The first-order valence-corrected chi connectivity index (χ1v) is 60.3. The van der Waals surface area contributed by atoms with Gasteiger partial charge >= 0.3 is 25.8 Å². The maximum atomic E-state index is 7.49. The van der Waals surface area contributed by atoms with Gasteiger partial charge in [-0.15, -0.1) is 0 Å². The molecule has 3 unspecified atom stereocenters. The van der Waals surface area contributed by atoms with Crippen LogP contribution in [0, 0.1) is 20.8 Å². The molecular formula is C124H205O9P3. The third-order valence-corrected chi connectivity index (χ3v) is 31.3. The fourth-order valence-corrected chi connectivity index (χ4v) is 22.6. The SMILES string of the molecule is CCCCCCCCCCCCCCCOP(OCCCCCCCCCCCCCCC)Oc1cc(C)c(C(CC(C)c2cc(C(C)(C)C)c(OP(Oc3ccccc3CCCCCCCC)Oc3ccccc3CCCCCCCC)cc2C)c2cc(C(C)(C)C)c(OP(OCCCCCCCCCCCCCCC)Oc3ccccc3CCCCCCCC)cc2C)cc1C(C)(C)C. The molecule has 6 rings (SSSR count). The van der Waals surface area contributed by atoms with Crippen LogP contribution >= 0.6 is 25.8 Å². The number of rotatable bonds is 83. The number of para-hydroxylation sites is 3. The van der Waals surface area contributed by atoms with Gasteiger partial charge < -0.3 is 36.2 Å². The van der Waals surface area contributed by atoms with Gasteiger partial charge in [-0.1, -0.05) is 511 Å². The van der Waals surface area contributed by atoms with Gasteiger partial charge in [-0.05, 0) is 194 Å². The van der Waals surface area contributed by atoms with Crippen LogP contribution in [0.3, 0.4) is 0 Å². The number of hydrogen-bond donors (Lipinski definition) is 0. The highest BCUT2D eigenvalue weighted by Crippen LogP contribution is 2.54. The van der Waals surface area contributed by atoms with Crippen molar-refractivity contribution in [2.24, 2.45) is 0 Å². The average molecular weight is 1930 g/mol. The minimum atomic E-state index is -2.00. The molecule has 0 aliphatic rings. The van der Waals surface area contributed by atoms with Crippen LogP contribution in [0.4, 0.5) is 0 Å². The Balaban J connectivity index is 1.45. The van der Waals surface area contributed by atoms with Gasteiger partial charge in [-0.25, -0.2) is 0 Å². The van der Waals surface area contributed by atoms with Crippen LogP contribution in [0.1, 0.15) is 562 Å². The highest BCUT2D eigenvalue weighted by molar-refractivity contribution is 7.43. The van der Waals surface area contributed by atoms with Crippen molar-refractivity contribution >= 4 is 25.8 Å². The lowest BCUT2D eigenvalue weighted by Gasteiger charge is -2.33. The van der Waals surface area contributed by atoms with Gasteiger partial charge in [-0.2, -0.15) is 0 Å². The van der Waals surface area contributed by atoms with Crippen molar-refractivity contribution < 1.29 is 40.7 Å². The first-order chi connectivity index (χ1) is 65.9. The van der Waals surface area contributed by atoms with Gasteiger partial charge in [0.2, 0.25) is 0 Å². The number of benzene rings is 6. The summed E-state index contributed by atoms with van der Waals surface area (Å²) in [7, 11) is -5.57. The van der Waals surface area contributed by atoms with Crippen molar-refractivity contribution in [3.8, 4) is 34.5 Å². The zero-order valence-electron chi connectivity index (χ0n) is 91.3. The molecule has 0 aromatic heterocycles. The van der Waals surface area contributed by atoms with E-state index in [0.717, 1.165) is 135 Å². The summed E-state index contributed by atoms with van der Waals surface area (Å²) < 4.78 is 64.9. The molecule has 12 heteroatoms. The van der Waals surface area contributed by atoms with Gasteiger partial charge in [0.05, 0.1) is 19.8 Å². The molecule has 0 radical (unpaired) electrons. The monoisotopic (exact) mass is 1930 g/mol. The van der Waals surface area contributed by atoms with Crippen LogP contribution in [0.25, 0.3) is 0 Å². The quantitative estimate of drug-likeness (QED) is 0.0274. The van der Waals surface area contributed by atoms with Crippen molar-refractivity contribution in [1.29, 1.82) is 0 Å². The molecule has 6 aromatic carbocycles. The van der Waals surface area contributed by atoms with E-state index in [2.05, 4.69) is 241 Å². The second kappa shape index (κ2) is 72.5. The van der Waals surface area contributed by atoms with E-state index in [-0.39, 0.29) is 28.1 Å². The molecule has 3 atom stereocenters. The molecule has 0 fully saturated rings. The number of unbranched alkanes of at least 4 members (excludes halogenated alkanes) is 51. The van der Waals surface area contributed by atoms with Gasteiger partial charge in [0.15, 0.2) is 0 Å². The summed E-state index contributed by atoms with van der Waals surface area (Å²) in [4.78, 5) is 0. The zero-order valence-corrected chi connectivity index (χ0v) is 94.0. The van der Waals surface area contributed by atoms with E-state index in [1.54, 1.807) is 0 Å². The van der Waals surface area contributed by atoms with Crippen LogP contribution in [-0.2, 0) is 49.1 Å². The molecular weight excluding hydrogens is 1730 g/mol. The average Bonchev–Trinajstić information content (AvgIpc) is 0.758. The molecule has 9 nitrogen and oxygen atoms in total. The van der Waals surface area contributed by atoms with Crippen LogP contribution in [0.15, 0.2) is 109 Å². The van der Waals surface area contributed by atoms with E-state index < -0.39 is 25.8 Å². The van der Waals surface area contributed by atoms with Crippen LogP contribution < -0.4 is 27.1 Å².